The van der Waals surface area contributed by atoms with Crippen LogP contribution in [-0.4, -0.2) is 34.9 Å². The molecule has 0 bridgehead atoms. The number of hydrogen-bond donors (Lipinski definition) is 1. The Morgan fingerprint density at radius 3 is 2.77 bits per heavy atom. The third kappa shape index (κ3) is 4.38. The van der Waals surface area contributed by atoms with Crippen LogP contribution < -0.4 is 10.2 Å². The van der Waals surface area contributed by atoms with Gasteiger partial charge >= 0.3 is 5.97 Å². The first-order chi connectivity index (χ1) is 14.5. The molecule has 1 N–H and O–H groups in total. The lowest BCUT2D eigenvalue weighted by Gasteiger charge is -2.33. The molecule has 1 aromatic carbocycles. The number of aryl methyl sites for hydroxylation is 1. The number of thiazole rings is 1. The molecule has 0 spiro atoms. The number of nitrogens with one attached hydrogen (secondary N) is 1. The highest BCUT2D eigenvalue weighted by atomic mass is 32.1. The van der Waals surface area contributed by atoms with Crippen LogP contribution in [0, 0.1) is 0 Å². The number of aromatic nitrogens is 1. The second-order valence-corrected chi connectivity index (χ2v) is 8.66. The van der Waals surface area contributed by atoms with E-state index in [1.54, 1.807) is 36.2 Å². The molecule has 8 heteroatoms. The summed E-state index contributed by atoms with van der Waals surface area (Å²) in [5.41, 5.74) is 2.00. The quantitative estimate of drug-likeness (QED) is 0.730. The molecule has 0 saturated heterocycles. The number of carbonyl (C=O) groups excluding carboxylic acids is 3. The number of fused-ring (bicyclic) bond motifs is 1. The Kier molecular flexibility index (Phi) is 6.13. The summed E-state index contributed by atoms with van der Waals surface area (Å²) in [5.74, 6) is -0.809. The van der Waals surface area contributed by atoms with Gasteiger partial charge < -0.3 is 10.1 Å². The molecule has 1 aliphatic carbocycles. The van der Waals surface area contributed by atoms with Crippen LogP contribution in [-0.2, 0) is 20.7 Å². The lowest BCUT2D eigenvalue weighted by Crippen LogP contribution is -2.47. The summed E-state index contributed by atoms with van der Waals surface area (Å²) in [7, 11) is 0. The van der Waals surface area contributed by atoms with Crippen molar-refractivity contribution in [3.8, 4) is 0 Å². The van der Waals surface area contributed by atoms with Crippen molar-refractivity contribution >= 4 is 39.9 Å². The predicted molar refractivity (Wildman–Crippen MR) is 115 cm³/mol. The van der Waals surface area contributed by atoms with Gasteiger partial charge in [0, 0.05) is 29.7 Å². The van der Waals surface area contributed by atoms with Crippen molar-refractivity contribution in [2.24, 2.45) is 0 Å². The van der Waals surface area contributed by atoms with Gasteiger partial charge in [-0.15, -0.1) is 11.3 Å². The average Bonchev–Trinajstić information content (AvgIpc) is 3.28. The van der Waals surface area contributed by atoms with Crippen LogP contribution >= 0.6 is 11.3 Å². The van der Waals surface area contributed by atoms with Gasteiger partial charge in [0.2, 0.25) is 5.91 Å². The summed E-state index contributed by atoms with van der Waals surface area (Å²) in [5, 5.41) is 5.29. The van der Waals surface area contributed by atoms with Crippen LogP contribution in [0.2, 0.25) is 0 Å². The van der Waals surface area contributed by atoms with E-state index >= 15 is 0 Å². The summed E-state index contributed by atoms with van der Waals surface area (Å²) in [6, 6.07) is 5.14. The van der Waals surface area contributed by atoms with Crippen molar-refractivity contribution in [2.75, 3.05) is 10.2 Å². The van der Waals surface area contributed by atoms with Gasteiger partial charge in [0.25, 0.3) is 5.91 Å². The van der Waals surface area contributed by atoms with E-state index in [2.05, 4.69) is 10.3 Å². The Labute approximate surface area is 179 Å². The molecule has 1 aliphatic heterocycles. The molecule has 2 aromatic rings. The number of amides is 2. The van der Waals surface area contributed by atoms with Gasteiger partial charge in [-0.3, -0.25) is 14.5 Å². The van der Waals surface area contributed by atoms with Gasteiger partial charge in [0.15, 0.2) is 11.2 Å². The van der Waals surface area contributed by atoms with Crippen LogP contribution in [0.5, 0.6) is 0 Å². The highest BCUT2D eigenvalue weighted by molar-refractivity contribution is 7.13. The summed E-state index contributed by atoms with van der Waals surface area (Å²) in [4.78, 5) is 43.5. The number of esters is 1. The van der Waals surface area contributed by atoms with Crippen molar-refractivity contribution in [1.82, 2.24) is 4.98 Å². The molecule has 7 nitrogen and oxygen atoms in total. The van der Waals surface area contributed by atoms with Crippen LogP contribution in [0.15, 0.2) is 29.8 Å². The third-order valence-corrected chi connectivity index (χ3v) is 6.44. The van der Waals surface area contributed by atoms with E-state index in [1.165, 1.54) is 17.8 Å². The summed E-state index contributed by atoms with van der Waals surface area (Å²) in [6.45, 7) is 1.61. The maximum absolute atomic E-state index is 13.2. The first-order valence-corrected chi connectivity index (χ1v) is 11.3. The first-order valence-electron chi connectivity index (χ1n) is 10.4. The summed E-state index contributed by atoms with van der Waals surface area (Å²) >= 11 is 1.42. The van der Waals surface area contributed by atoms with E-state index in [1.807, 2.05) is 5.38 Å². The SMILES string of the molecule is C[C@H](OC(=O)c1ccc2c(c1)CCC(=O)N2)C(=O)N(c1nccs1)C1CCCCC1. The van der Waals surface area contributed by atoms with Gasteiger partial charge in [0.1, 0.15) is 0 Å². The largest absolute Gasteiger partial charge is 0.449 e. The Bertz CT molecular complexity index is 938. The fourth-order valence-corrected chi connectivity index (χ4v) is 4.81. The van der Waals surface area contributed by atoms with Crippen LogP contribution in [0.4, 0.5) is 10.8 Å². The Morgan fingerprint density at radius 1 is 1.23 bits per heavy atom. The lowest BCUT2D eigenvalue weighted by molar-refractivity contribution is -0.127. The van der Waals surface area contributed by atoms with E-state index in [0.717, 1.165) is 36.9 Å². The number of rotatable bonds is 5. The number of hydrogen-bond acceptors (Lipinski definition) is 6. The molecule has 2 amide bonds. The zero-order valence-electron chi connectivity index (χ0n) is 16.9. The van der Waals surface area contributed by atoms with E-state index in [0.29, 0.717) is 23.5 Å². The molecule has 4 rings (SSSR count). The van der Waals surface area contributed by atoms with Gasteiger partial charge in [-0.2, -0.15) is 0 Å². The second kappa shape index (κ2) is 8.95. The smallest absolute Gasteiger partial charge is 0.338 e. The van der Waals surface area contributed by atoms with Crippen molar-refractivity contribution in [3.63, 3.8) is 0 Å². The lowest BCUT2D eigenvalue weighted by atomic mass is 9.94. The van der Waals surface area contributed by atoms with Crippen LogP contribution in [0.3, 0.4) is 0 Å². The van der Waals surface area contributed by atoms with E-state index in [-0.39, 0.29) is 17.9 Å². The second-order valence-electron chi connectivity index (χ2n) is 7.78. The first kappa shape index (κ1) is 20.5. The number of anilines is 2. The predicted octanol–water partition coefficient (Wildman–Crippen LogP) is 3.94. The minimum absolute atomic E-state index is 0.0259. The third-order valence-electron chi connectivity index (χ3n) is 5.67. The number of benzene rings is 1. The van der Waals surface area contributed by atoms with E-state index in [4.69, 9.17) is 4.74 Å². The normalized spacial score (nSPS) is 17.6. The maximum Gasteiger partial charge on any atom is 0.338 e. The molecule has 1 atom stereocenters. The van der Waals surface area contributed by atoms with Gasteiger partial charge in [-0.1, -0.05) is 19.3 Å². The Hall–Kier alpha value is -2.74. The minimum Gasteiger partial charge on any atom is -0.449 e. The van der Waals surface area contributed by atoms with Gasteiger partial charge in [-0.05, 0) is 49.9 Å². The highest BCUT2D eigenvalue weighted by Crippen LogP contribution is 2.30. The van der Waals surface area contributed by atoms with Crippen molar-refractivity contribution in [1.29, 1.82) is 0 Å². The average molecular weight is 428 g/mol. The molecule has 1 saturated carbocycles. The molecular weight excluding hydrogens is 402 g/mol. The van der Waals surface area contributed by atoms with Gasteiger partial charge in [-0.25, -0.2) is 9.78 Å². The monoisotopic (exact) mass is 427 g/mol. The Balaban J connectivity index is 1.47. The molecule has 0 radical (unpaired) electrons. The maximum atomic E-state index is 13.2. The summed E-state index contributed by atoms with van der Waals surface area (Å²) < 4.78 is 5.54. The van der Waals surface area contributed by atoms with Crippen LogP contribution in [0.1, 0.15) is 61.4 Å². The molecule has 158 valence electrons. The standard InChI is InChI=1S/C22H25N3O4S/c1-14(20(27)25(22-23-11-12-30-22)17-5-3-2-4-6-17)29-21(28)16-7-9-18-15(13-16)8-10-19(26)24-18/h7,9,11-14,17H,2-6,8,10H2,1H3,(H,24,26)/t14-/m0/s1. The molecule has 2 aliphatic rings. The molecule has 1 aromatic heterocycles. The molecular formula is C22H25N3O4S. The zero-order chi connectivity index (χ0) is 21.1. The fourth-order valence-electron chi connectivity index (χ4n) is 4.09. The molecule has 2 heterocycles. The molecule has 1 fully saturated rings. The fraction of sp³-hybridized carbons (Fsp3) is 0.455. The van der Waals surface area contributed by atoms with Crippen molar-refractivity contribution in [2.45, 2.75) is 64.0 Å². The van der Waals surface area contributed by atoms with Crippen LogP contribution in [0.25, 0.3) is 0 Å². The highest BCUT2D eigenvalue weighted by Gasteiger charge is 2.33. The number of ether oxygens (including phenoxy) is 1. The van der Waals surface area contributed by atoms with Crippen molar-refractivity contribution in [3.05, 3.63) is 40.9 Å². The minimum atomic E-state index is -0.918. The van der Waals surface area contributed by atoms with Crippen molar-refractivity contribution < 1.29 is 19.1 Å². The van der Waals surface area contributed by atoms with Gasteiger partial charge in [0.05, 0.1) is 5.56 Å². The summed E-state index contributed by atoms with van der Waals surface area (Å²) in [6.07, 6.45) is 6.95. The van der Waals surface area contributed by atoms with E-state index < -0.39 is 12.1 Å². The zero-order valence-corrected chi connectivity index (χ0v) is 17.7. The Morgan fingerprint density at radius 2 is 2.03 bits per heavy atom. The topological polar surface area (TPSA) is 88.6 Å². The molecule has 0 unspecified atom stereocenters. The molecule has 30 heavy (non-hydrogen) atoms. The number of carbonyl (C=O) groups is 3. The number of nitrogens with zero attached hydrogens (tertiary/aromatic N) is 2. The van der Waals surface area contributed by atoms with E-state index in [9.17, 15) is 14.4 Å².